The Morgan fingerprint density at radius 1 is 0.393 bits per heavy atom. The number of hydrogen-bond acceptors (Lipinski definition) is 3. The molecule has 0 N–H and O–H groups in total. The van der Waals surface area contributed by atoms with Gasteiger partial charge < -0.3 is 0 Å². The molecule has 0 bridgehead atoms. The van der Waals surface area contributed by atoms with Crippen LogP contribution < -0.4 is 0 Å². The lowest BCUT2D eigenvalue weighted by Crippen LogP contribution is -2.28. The summed E-state index contributed by atoms with van der Waals surface area (Å²) in [5.41, 5.74) is 14.5. The Labute approximate surface area is 325 Å². The van der Waals surface area contributed by atoms with E-state index in [1.807, 2.05) is 36.7 Å². The van der Waals surface area contributed by atoms with Gasteiger partial charge in [0.15, 0.2) is 5.82 Å². The zero-order valence-electron chi connectivity index (χ0n) is 30.4. The molecule has 4 heteroatoms. The molecule has 0 saturated carbocycles. The van der Waals surface area contributed by atoms with Crippen LogP contribution in [-0.4, -0.2) is 19.5 Å². The molecule has 7 aromatic carbocycles. The lowest BCUT2D eigenvalue weighted by atomic mass is 9.68. The van der Waals surface area contributed by atoms with Gasteiger partial charge in [0.2, 0.25) is 0 Å². The molecule has 10 aromatic rings. The zero-order valence-corrected chi connectivity index (χ0v) is 30.4. The summed E-state index contributed by atoms with van der Waals surface area (Å²) in [6.45, 7) is 0. The van der Waals surface area contributed by atoms with E-state index < -0.39 is 5.41 Å². The molecule has 1 atom stereocenters. The second kappa shape index (κ2) is 12.9. The number of nitrogens with zero attached hydrogens (tertiary/aromatic N) is 4. The largest absolute Gasteiger partial charge is 0.294 e. The van der Waals surface area contributed by atoms with Crippen molar-refractivity contribution in [2.75, 3.05) is 0 Å². The van der Waals surface area contributed by atoms with Crippen LogP contribution in [0.5, 0.6) is 0 Å². The first-order valence-electron chi connectivity index (χ1n) is 19.0. The third kappa shape index (κ3) is 4.89. The fourth-order valence-corrected chi connectivity index (χ4v) is 8.96. The van der Waals surface area contributed by atoms with Gasteiger partial charge in [-0.25, -0.2) is 9.97 Å². The third-order valence-electron chi connectivity index (χ3n) is 11.4. The van der Waals surface area contributed by atoms with Gasteiger partial charge in [-0.2, -0.15) is 0 Å². The predicted molar refractivity (Wildman–Crippen MR) is 228 cm³/mol. The van der Waals surface area contributed by atoms with Crippen LogP contribution >= 0.6 is 0 Å². The van der Waals surface area contributed by atoms with E-state index in [1.54, 1.807) is 0 Å². The first kappa shape index (κ1) is 32.0. The molecular formula is C52H34N4. The predicted octanol–water partition coefficient (Wildman–Crippen LogP) is 12.3. The maximum Gasteiger partial charge on any atom is 0.162 e. The number of para-hydroxylation sites is 1. The van der Waals surface area contributed by atoms with Crippen molar-refractivity contribution in [2.45, 2.75) is 5.41 Å². The fourth-order valence-electron chi connectivity index (χ4n) is 8.96. The van der Waals surface area contributed by atoms with Crippen molar-refractivity contribution < 1.29 is 0 Å². The topological polar surface area (TPSA) is 43.6 Å². The number of fused-ring (bicyclic) bond motifs is 6. The van der Waals surface area contributed by atoms with E-state index >= 15 is 0 Å². The fraction of sp³-hybridized carbons (Fsp3) is 0.0192. The van der Waals surface area contributed by atoms with Gasteiger partial charge in [0.1, 0.15) is 5.82 Å². The van der Waals surface area contributed by atoms with E-state index in [2.05, 4.69) is 179 Å². The third-order valence-corrected chi connectivity index (χ3v) is 11.4. The van der Waals surface area contributed by atoms with Gasteiger partial charge in [0.25, 0.3) is 0 Å². The van der Waals surface area contributed by atoms with Crippen molar-refractivity contribution in [1.82, 2.24) is 19.5 Å². The molecule has 3 heterocycles. The van der Waals surface area contributed by atoms with E-state index in [0.717, 1.165) is 33.7 Å². The van der Waals surface area contributed by atoms with Crippen LogP contribution in [0.1, 0.15) is 22.3 Å². The van der Waals surface area contributed by atoms with Crippen molar-refractivity contribution in [3.8, 4) is 50.7 Å². The van der Waals surface area contributed by atoms with E-state index in [-0.39, 0.29) is 0 Å². The highest BCUT2D eigenvalue weighted by Gasteiger charge is 2.46. The van der Waals surface area contributed by atoms with E-state index in [0.29, 0.717) is 5.82 Å². The Hall–Kier alpha value is -7.43. The van der Waals surface area contributed by atoms with Crippen LogP contribution in [0.3, 0.4) is 0 Å². The summed E-state index contributed by atoms with van der Waals surface area (Å²) < 4.78 is 2.29. The van der Waals surface area contributed by atoms with Crippen molar-refractivity contribution in [1.29, 1.82) is 0 Å². The van der Waals surface area contributed by atoms with Crippen molar-refractivity contribution in [2.24, 2.45) is 0 Å². The maximum atomic E-state index is 5.22. The van der Waals surface area contributed by atoms with Crippen LogP contribution in [0.4, 0.5) is 0 Å². The molecule has 0 spiro atoms. The number of hydrogen-bond donors (Lipinski definition) is 0. The Kier molecular flexibility index (Phi) is 7.36. The molecule has 0 amide bonds. The van der Waals surface area contributed by atoms with E-state index in [1.165, 1.54) is 55.3 Å². The van der Waals surface area contributed by atoms with Gasteiger partial charge in [-0.1, -0.05) is 152 Å². The molecule has 1 aliphatic carbocycles. The summed E-state index contributed by atoms with van der Waals surface area (Å²) in [5, 5.41) is 2.35. The van der Waals surface area contributed by atoms with E-state index in [9.17, 15) is 0 Å². The van der Waals surface area contributed by atoms with Gasteiger partial charge in [-0.15, -0.1) is 0 Å². The summed E-state index contributed by atoms with van der Waals surface area (Å²) in [7, 11) is 0. The van der Waals surface area contributed by atoms with Gasteiger partial charge in [0.05, 0.1) is 22.1 Å². The molecule has 56 heavy (non-hydrogen) atoms. The normalized spacial score (nSPS) is 14.5. The summed E-state index contributed by atoms with van der Waals surface area (Å²) >= 11 is 0. The summed E-state index contributed by atoms with van der Waals surface area (Å²) in [4.78, 5) is 14.7. The minimum absolute atomic E-state index is 0.458. The molecular weight excluding hydrogens is 681 g/mol. The minimum atomic E-state index is -0.458. The van der Waals surface area contributed by atoms with Crippen LogP contribution in [-0.2, 0) is 5.41 Å². The molecule has 3 aromatic heterocycles. The Morgan fingerprint density at radius 2 is 1.00 bits per heavy atom. The number of pyridine rings is 1. The highest BCUT2D eigenvalue weighted by molar-refractivity contribution is 6.10. The molecule has 0 saturated heterocycles. The van der Waals surface area contributed by atoms with Gasteiger partial charge in [-0.05, 0) is 80.9 Å². The lowest BCUT2D eigenvalue weighted by Gasteiger charge is -2.33. The van der Waals surface area contributed by atoms with Gasteiger partial charge in [0, 0.05) is 40.4 Å². The SMILES string of the molecule is c1ccc(-c2cc(-n3c4ccccc4c4cc(-c5ccc6c(c5)-c5ccccc5C6(c5ccccc5)c5ccncc5)ccc43)nc(-c3ccccc3)n2)cc1. The van der Waals surface area contributed by atoms with Crippen molar-refractivity contribution >= 4 is 21.8 Å². The van der Waals surface area contributed by atoms with E-state index in [4.69, 9.17) is 9.97 Å². The number of aromatic nitrogens is 4. The zero-order chi connectivity index (χ0) is 37.1. The Morgan fingerprint density at radius 3 is 1.80 bits per heavy atom. The van der Waals surface area contributed by atoms with Crippen LogP contribution in [0.2, 0.25) is 0 Å². The van der Waals surface area contributed by atoms with Crippen molar-refractivity contribution in [3.63, 3.8) is 0 Å². The number of benzene rings is 7. The second-order valence-electron chi connectivity index (χ2n) is 14.4. The average molecular weight is 715 g/mol. The van der Waals surface area contributed by atoms with Crippen LogP contribution in [0.25, 0.3) is 72.5 Å². The van der Waals surface area contributed by atoms with Crippen LogP contribution in [0.15, 0.2) is 207 Å². The van der Waals surface area contributed by atoms with Crippen LogP contribution in [0, 0.1) is 0 Å². The molecule has 1 unspecified atom stereocenters. The smallest absolute Gasteiger partial charge is 0.162 e. The monoisotopic (exact) mass is 714 g/mol. The molecule has 262 valence electrons. The standard InChI is InChI=1S/C52H34N4/c1-4-14-35(15-5-1)47-34-50(55-51(54-47)36-16-6-2-7-17-36)56-48-23-13-11-21-42(48)44-33-38(25-27-49(44)56)37-24-26-46-43(32-37)41-20-10-12-22-45(41)52(46,39-18-8-3-9-19-39)40-28-30-53-31-29-40/h1-34H. The summed E-state index contributed by atoms with van der Waals surface area (Å²) in [5.74, 6) is 1.53. The van der Waals surface area contributed by atoms with Crippen molar-refractivity contribution in [3.05, 3.63) is 229 Å². The Balaban J connectivity index is 1.10. The second-order valence-corrected chi connectivity index (χ2v) is 14.4. The Bertz CT molecular complexity index is 2960. The van der Waals surface area contributed by atoms with Gasteiger partial charge >= 0.3 is 0 Å². The van der Waals surface area contributed by atoms with Gasteiger partial charge in [-0.3, -0.25) is 9.55 Å². The molecule has 0 aliphatic heterocycles. The highest BCUT2D eigenvalue weighted by atomic mass is 15.1. The highest BCUT2D eigenvalue weighted by Crippen LogP contribution is 2.56. The molecule has 1 aliphatic rings. The lowest BCUT2D eigenvalue weighted by molar-refractivity contribution is 0.766. The molecule has 11 rings (SSSR count). The summed E-state index contributed by atoms with van der Waals surface area (Å²) in [6.07, 6.45) is 3.82. The minimum Gasteiger partial charge on any atom is -0.294 e. The number of rotatable bonds is 6. The molecule has 4 nitrogen and oxygen atoms in total. The first-order valence-corrected chi connectivity index (χ1v) is 19.0. The summed E-state index contributed by atoms with van der Waals surface area (Å²) in [6, 6.07) is 69.4. The maximum absolute atomic E-state index is 5.22. The molecule has 0 radical (unpaired) electrons. The first-order chi connectivity index (χ1) is 27.8. The molecule has 0 fully saturated rings. The average Bonchev–Trinajstić information content (AvgIpc) is 3.78. The quantitative estimate of drug-likeness (QED) is 0.172.